The lowest BCUT2D eigenvalue weighted by Crippen LogP contribution is -2.18. The first kappa shape index (κ1) is 16.2. The summed E-state index contributed by atoms with van der Waals surface area (Å²) in [7, 11) is 0. The van der Waals surface area contributed by atoms with Gasteiger partial charge in [0.05, 0.1) is 18.4 Å². The smallest absolute Gasteiger partial charge is 0.311 e. The van der Waals surface area contributed by atoms with Gasteiger partial charge in [-0.15, -0.1) is 0 Å². The Kier molecular flexibility index (Phi) is 4.65. The van der Waals surface area contributed by atoms with Gasteiger partial charge in [-0.05, 0) is 36.6 Å². The van der Waals surface area contributed by atoms with Gasteiger partial charge >= 0.3 is 5.97 Å². The molecule has 1 atom stereocenters. The molecule has 1 unspecified atom stereocenters. The van der Waals surface area contributed by atoms with E-state index in [4.69, 9.17) is 9.15 Å². The van der Waals surface area contributed by atoms with Crippen molar-refractivity contribution in [2.45, 2.75) is 33.3 Å². The molecule has 0 radical (unpaired) electrons. The number of nitrogens with zero attached hydrogens (tertiary/aromatic N) is 1. The van der Waals surface area contributed by atoms with Gasteiger partial charge in [-0.25, -0.2) is 0 Å². The third-order valence-electron chi connectivity index (χ3n) is 3.99. The van der Waals surface area contributed by atoms with E-state index in [2.05, 4.69) is 4.98 Å². The van der Waals surface area contributed by atoms with Crippen molar-refractivity contribution in [3.05, 3.63) is 65.7 Å². The summed E-state index contributed by atoms with van der Waals surface area (Å²) in [5.74, 6) is -0.129. The van der Waals surface area contributed by atoms with E-state index in [1.165, 1.54) is 0 Å². The Morgan fingerprint density at radius 1 is 1.25 bits per heavy atom. The van der Waals surface area contributed by atoms with Crippen LogP contribution in [0, 0.1) is 12.8 Å². The molecule has 2 aromatic heterocycles. The molecule has 1 aromatic carbocycles. The van der Waals surface area contributed by atoms with Crippen molar-refractivity contribution in [2.75, 3.05) is 0 Å². The molecule has 0 aliphatic heterocycles. The lowest BCUT2D eigenvalue weighted by molar-refractivity contribution is -0.151. The molecule has 0 N–H and O–H groups in total. The van der Waals surface area contributed by atoms with Crippen molar-refractivity contribution >= 4 is 16.9 Å². The van der Waals surface area contributed by atoms with Crippen LogP contribution in [0.4, 0.5) is 0 Å². The summed E-state index contributed by atoms with van der Waals surface area (Å²) in [4.78, 5) is 16.7. The molecule has 0 amide bonds. The van der Waals surface area contributed by atoms with Gasteiger partial charge in [0.2, 0.25) is 0 Å². The fourth-order valence-corrected chi connectivity index (χ4v) is 2.75. The Morgan fingerprint density at radius 2 is 2.08 bits per heavy atom. The summed E-state index contributed by atoms with van der Waals surface area (Å²) in [6.07, 6.45) is 3.19. The van der Waals surface area contributed by atoms with Crippen LogP contribution in [0.3, 0.4) is 0 Å². The average Bonchev–Trinajstić information content (AvgIpc) is 2.95. The van der Waals surface area contributed by atoms with E-state index < -0.39 is 0 Å². The van der Waals surface area contributed by atoms with Crippen LogP contribution in [0.15, 0.2) is 53.3 Å². The minimum Gasteiger partial charge on any atom is -0.464 e. The SMILES string of the molecule is Cc1ccc2c(CC(=O)OC(c3ccccn3)C(C)C)coc2c1. The number of ether oxygens (including phenoxy) is 1. The third kappa shape index (κ3) is 3.48. The zero-order chi connectivity index (χ0) is 17.1. The molecule has 0 saturated heterocycles. The number of carbonyl (C=O) groups is 1. The number of rotatable bonds is 5. The molecule has 3 aromatic rings. The van der Waals surface area contributed by atoms with Crippen molar-refractivity contribution in [3.8, 4) is 0 Å². The number of aryl methyl sites for hydroxylation is 1. The first-order chi connectivity index (χ1) is 11.5. The molecule has 0 bridgehead atoms. The van der Waals surface area contributed by atoms with Gasteiger partial charge in [-0.3, -0.25) is 9.78 Å². The normalized spacial score (nSPS) is 12.5. The van der Waals surface area contributed by atoms with Crippen LogP contribution in [0.1, 0.15) is 36.8 Å². The standard InChI is InChI=1S/C20H21NO3/c1-13(2)20(17-6-4-5-9-21-17)24-19(22)11-15-12-23-18-10-14(3)7-8-16(15)18/h4-10,12-13,20H,11H2,1-3H3. The second-order valence-corrected chi connectivity index (χ2v) is 6.35. The molecule has 0 aliphatic carbocycles. The number of aromatic nitrogens is 1. The zero-order valence-electron chi connectivity index (χ0n) is 14.2. The molecule has 4 nitrogen and oxygen atoms in total. The van der Waals surface area contributed by atoms with Gasteiger partial charge in [0, 0.05) is 17.1 Å². The highest BCUT2D eigenvalue weighted by Crippen LogP contribution is 2.26. The van der Waals surface area contributed by atoms with E-state index >= 15 is 0 Å². The number of hydrogen-bond acceptors (Lipinski definition) is 4. The van der Waals surface area contributed by atoms with Crippen molar-refractivity contribution in [3.63, 3.8) is 0 Å². The van der Waals surface area contributed by atoms with Crippen molar-refractivity contribution in [1.29, 1.82) is 0 Å². The highest BCUT2D eigenvalue weighted by atomic mass is 16.5. The fourth-order valence-electron chi connectivity index (χ4n) is 2.75. The minimum absolute atomic E-state index is 0.146. The Hall–Kier alpha value is -2.62. The maximum absolute atomic E-state index is 12.4. The summed E-state index contributed by atoms with van der Waals surface area (Å²) in [6.45, 7) is 6.04. The number of fused-ring (bicyclic) bond motifs is 1. The second-order valence-electron chi connectivity index (χ2n) is 6.35. The summed E-state index contributed by atoms with van der Waals surface area (Å²) < 4.78 is 11.2. The predicted molar refractivity (Wildman–Crippen MR) is 92.6 cm³/mol. The van der Waals surface area contributed by atoms with Gasteiger partial charge < -0.3 is 9.15 Å². The van der Waals surface area contributed by atoms with Gasteiger partial charge in [-0.2, -0.15) is 0 Å². The topological polar surface area (TPSA) is 52.3 Å². The Morgan fingerprint density at radius 3 is 2.79 bits per heavy atom. The maximum atomic E-state index is 12.4. The molecule has 24 heavy (non-hydrogen) atoms. The number of esters is 1. The van der Waals surface area contributed by atoms with Crippen LogP contribution in [-0.4, -0.2) is 11.0 Å². The van der Waals surface area contributed by atoms with Gasteiger partial charge in [0.25, 0.3) is 0 Å². The van der Waals surface area contributed by atoms with E-state index in [9.17, 15) is 4.79 Å². The molecular weight excluding hydrogens is 302 g/mol. The van der Waals surface area contributed by atoms with Crippen LogP contribution in [0.5, 0.6) is 0 Å². The van der Waals surface area contributed by atoms with E-state index in [1.54, 1.807) is 12.5 Å². The second kappa shape index (κ2) is 6.87. The Balaban J connectivity index is 1.76. The highest BCUT2D eigenvalue weighted by Gasteiger charge is 2.22. The molecule has 0 fully saturated rings. The van der Waals surface area contributed by atoms with E-state index in [0.717, 1.165) is 27.8 Å². The van der Waals surface area contributed by atoms with Gasteiger partial charge in [0.1, 0.15) is 11.7 Å². The maximum Gasteiger partial charge on any atom is 0.311 e. The van der Waals surface area contributed by atoms with Gasteiger partial charge in [-0.1, -0.05) is 32.0 Å². The number of furan rings is 1. The molecule has 124 valence electrons. The summed E-state index contributed by atoms with van der Waals surface area (Å²) in [5.41, 5.74) is 3.54. The van der Waals surface area contributed by atoms with Crippen LogP contribution in [-0.2, 0) is 16.0 Å². The van der Waals surface area contributed by atoms with Crippen molar-refractivity contribution in [1.82, 2.24) is 4.98 Å². The van der Waals surface area contributed by atoms with E-state index in [0.29, 0.717) is 0 Å². The van der Waals surface area contributed by atoms with Crippen molar-refractivity contribution in [2.24, 2.45) is 5.92 Å². The van der Waals surface area contributed by atoms with Crippen LogP contribution in [0.25, 0.3) is 11.0 Å². The van der Waals surface area contributed by atoms with Crippen molar-refractivity contribution < 1.29 is 13.9 Å². The molecule has 4 heteroatoms. The third-order valence-corrected chi connectivity index (χ3v) is 3.99. The molecule has 2 heterocycles. The lowest BCUT2D eigenvalue weighted by Gasteiger charge is -2.20. The van der Waals surface area contributed by atoms with Crippen LogP contribution < -0.4 is 0 Å². The molecule has 3 rings (SSSR count). The lowest BCUT2D eigenvalue weighted by atomic mass is 10.0. The number of hydrogen-bond donors (Lipinski definition) is 0. The van der Waals surface area contributed by atoms with Crippen LogP contribution >= 0.6 is 0 Å². The largest absolute Gasteiger partial charge is 0.464 e. The molecule has 0 aliphatic rings. The molecule has 0 spiro atoms. The summed E-state index contributed by atoms with van der Waals surface area (Å²) in [5, 5.41) is 0.955. The fraction of sp³-hybridized carbons (Fsp3) is 0.300. The van der Waals surface area contributed by atoms with E-state index in [1.807, 2.05) is 57.2 Å². The van der Waals surface area contributed by atoms with Gasteiger partial charge in [0.15, 0.2) is 0 Å². The monoisotopic (exact) mass is 323 g/mol. The van der Waals surface area contributed by atoms with E-state index in [-0.39, 0.29) is 24.4 Å². The minimum atomic E-state index is -0.348. The quantitative estimate of drug-likeness (QED) is 0.643. The number of carbonyl (C=O) groups excluding carboxylic acids is 1. The average molecular weight is 323 g/mol. The highest BCUT2D eigenvalue weighted by molar-refractivity contribution is 5.86. The predicted octanol–water partition coefficient (Wildman–Crippen LogP) is 4.62. The molecular formula is C20H21NO3. The summed E-state index contributed by atoms with van der Waals surface area (Å²) >= 11 is 0. The molecule has 0 saturated carbocycles. The number of pyridine rings is 1. The Bertz CT molecular complexity index is 836. The number of benzene rings is 1. The summed E-state index contributed by atoms with van der Waals surface area (Å²) in [6, 6.07) is 11.6. The first-order valence-electron chi connectivity index (χ1n) is 8.11. The first-order valence-corrected chi connectivity index (χ1v) is 8.11. The Labute approximate surface area is 141 Å². The zero-order valence-corrected chi connectivity index (χ0v) is 14.2. The van der Waals surface area contributed by atoms with Crippen LogP contribution in [0.2, 0.25) is 0 Å².